The van der Waals surface area contributed by atoms with Gasteiger partial charge in [-0.3, -0.25) is 0 Å². The fraction of sp³-hybridized carbons (Fsp3) is 0. The normalized spacial score (nSPS) is 11.0. The van der Waals surface area contributed by atoms with Gasteiger partial charge in [0.05, 0.1) is 0 Å². The van der Waals surface area contributed by atoms with Crippen LogP contribution in [0.15, 0.2) is 182 Å². The second-order valence-electron chi connectivity index (χ2n) is 11.5. The highest BCUT2D eigenvalue weighted by Crippen LogP contribution is 2.38. The summed E-state index contributed by atoms with van der Waals surface area (Å²) in [6.45, 7) is 0. The van der Waals surface area contributed by atoms with E-state index in [1.807, 2.05) is 24.3 Å². The summed E-state index contributed by atoms with van der Waals surface area (Å²) in [6.07, 6.45) is 0. The van der Waals surface area contributed by atoms with Crippen molar-refractivity contribution in [3.05, 3.63) is 182 Å². The van der Waals surface area contributed by atoms with Gasteiger partial charge in [-0.25, -0.2) is 0 Å². The summed E-state index contributed by atoms with van der Waals surface area (Å²) >= 11 is 0. The highest BCUT2D eigenvalue weighted by molar-refractivity contribution is 6.21. The van der Waals surface area contributed by atoms with Gasteiger partial charge in [-0.2, -0.15) is 0 Å². The molecule has 0 aliphatic rings. The van der Waals surface area contributed by atoms with Gasteiger partial charge in [0.1, 0.15) is 11.5 Å². The van der Waals surface area contributed by atoms with Crippen LogP contribution in [0.4, 0.5) is 0 Å². The predicted molar refractivity (Wildman–Crippen MR) is 197 cm³/mol. The lowest BCUT2D eigenvalue weighted by Crippen LogP contribution is -2.10. The van der Waals surface area contributed by atoms with Crippen LogP contribution >= 0.6 is 0 Å². The number of benzene rings is 8. The Kier molecular flexibility index (Phi) is 7.71. The van der Waals surface area contributed by atoms with E-state index in [0.717, 1.165) is 22.3 Å². The van der Waals surface area contributed by atoms with E-state index in [-0.39, 0.29) is 0 Å². The Morgan fingerprint density at radius 2 is 0.596 bits per heavy atom. The lowest BCUT2D eigenvalue weighted by atomic mass is 9.92. The minimum atomic E-state index is 0.706. The molecule has 0 bridgehead atoms. The summed E-state index contributed by atoms with van der Waals surface area (Å²) in [7, 11) is 1.41. The fourth-order valence-corrected chi connectivity index (χ4v) is 6.45. The molecule has 0 unspecified atom stereocenters. The van der Waals surface area contributed by atoms with E-state index < -0.39 is 0 Å². The molecule has 0 saturated carbocycles. The number of hydrogen-bond donors (Lipinski definition) is 0. The molecule has 0 fully saturated rings. The maximum atomic E-state index is 6.01. The zero-order valence-electron chi connectivity index (χ0n) is 25.7. The molecule has 8 aromatic rings. The molecule has 0 aliphatic heterocycles. The van der Waals surface area contributed by atoms with Gasteiger partial charge in [0.25, 0.3) is 0 Å². The Hall–Kier alpha value is -6.06. The second kappa shape index (κ2) is 12.7. The minimum Gasteiger partial charge on any atom is -0.526 e. The molecule has 47 heavy (non-hydrogen) atoms. The van der Waals surface area contributed by atoms with Gasteiger partial charge in [0.2, 0.25) is 0 Å². The highest BCUT2D eigenvalue weighted by atomic mass is 16.6. The molecule has 8 rings (SSSR count). The molecule has 1 radical (unpaired) electrons. The summed E-state index contributed by atoms with van der Waals surface area (Å²) < 4.78 is 12.0. The van der Waals surface area contributed by atoms with E-state index in [1.54, 1.807) is 0 Å². The highest BCUT2D eigenvalue weighted by Gasteiger charge is 2.12. The quantitative estimate of drug-likeness (QED) is 0.161. The molecule has 3 heteroatoms. The molecule has 0 aromatic heterocycles. The van der Waals surface area contributed by atoms with Crippen molar-refractivity contribution >= 4 is 29.2 Å². The van der Waals surface area contributed by atoms with E-state index in [4.69, 9.17) is 9.31 Å². The first-order chi connectivity index (χ1) is 23.3. The van der Waals surface area contributed by atoms with Crippen LogP contribution in [0.2, 0.25) is 0 Å². The Morgan fingerprint density at radius 1 is 0.277 bits per heavy atom. The van der Waals surface area contributed by atoms with Crippen molar-refractivity contribution in [2.45, 2.75) is 0 Å². The zero-order chi connectivity index (χ0) is 31.4. The second-order valence-corrected chi connectivity index (χ2v) is 11.5. The van der Waals surface area contributed by atoms with Crippen LogP contribution in [0.25, 0.3) is 66.1 Å². The molecule has 0 saturated heterocycles. The van der Waals surface area contributed by atoms with Gasteiger partial charge in [0.15, 0.2) is 0 Å². The fourth-order valence-electron chi connectivity index (χ4n) is 6.45. The molecule has 0 amide bonds. The van der Waals surface area contributed by atoms with Crippen molar-refractivity contribution in [2.75, 3.05) is 0 Å². The van der Waals surface area contributed by atoms with E-state index in [2.05, 4.69) is 158 Å². The van der Waals surface area contributed by atoms with Crippen LogP contribution in [0.5, 0.6) is 11.5 Å². The van der Waals surface area contributed by atoms with Crippen LogP contribution in [0.1, 0.15) is 0 Å². The van der Waals surface area contributed by atoms with Crippen LogP contribution in [0.3, 0.4) is 0 Å². The Bertz CT molecular complexity index is 2160. The third-order valence-electron chi connectivity index (χ3n) is 8.68. The van der Waals surface area contributed by atoms with E-state index >= 15 is 0 Å². The van der Waals surface area contributed by atoms with Gasteiger partial charge in [-0.1, -0.05) is 158 Å². The molecule has 0 atom stereocenters. The molecule has 0 aliphatic carbocycles. The van der Waals surface area contributed by atoms with Crippen molar-refractivity contribution in [1.29, 1.82) is 0 Å². The van der Waals surface area contributed by atoms with Gasteiger partial charge in [0, 0.05) is 0 Å². The van der Waals surface area contributed by atoms with Gasteiger partial charge in [-0.15, -0.1) is 0 Å². The largest absolute Gasteiger partial charge is 0.658 e. The average Bonchev–Trinajstić information content (AvgIpc) is 3.15. The molecule has 0 heterocycles. The van der Waals surface area contributed by atoms with Gasteiger partial charge >= 0.3 is 7.69 Å². The summed E-state index contributed by atoms with van der Waals surface area (Å²) in [6, 6.07) is 63.3. The molecule has 8 aromatic carbocycles. The zero-order valence-corrected chi connectivity index (χ0v) is 25.7. The third-order valence-corrected chi connectivity index (χ3v) is 8.68. The van der Waals surface area contributed by atoms with Crippen LogP contribution < -0.4 is 9.31 Å². The maximum Gasteiger partial charge on any atom is 0.658 e. The van der Waals surface area contributed by atoms with Crippen molar-refractivity contribution in [3.8, 4) is 56.0 Å². The monoisotopic (exact) mass is 601 g/mol. The first-order valence-electron chi connectivity index (χ1n) is 15.8. The average molecular weight is 602 g/mol. The molecular formula is C44H30BO2. The minimum absolute atomic E-state index is 0.706. The summed E-state index contributed by atoms with van der Waals surface area (Å²) in [5.41, 5.74) is 9.35. The van der Waals surface area contributed by atoms with Crippen molar-refractivity contribution in [2.24, 2.45) is 0 Å². The first kappa shape index (κ1) is 28.4. The van der Waals surface area contributed by atoms with Gasteiger partial charge in [-0.05, 0) is 90.3 Å². The van der Waals surface area contributed by atoms with Gasteiger partial charge < -0.3 is 9.31 Å². The van der Waals surface area contributed by atoms with Crippen molar-refractivity contribution < 1.29 is 9.31 Å². The van der Waals surface area contributed by atoms with E-state index in [1.165, 1.54) is 51.5 Å². The predicted octanol–water partition coefficient (Wildman–Crippen LogP) is 11.7. The SMILES string of the molecule is [B](Oc1cccc(-c2ccc(-c3ccccc3)c3ccccc23)c1)Oc1cccc(-c2ccc(-c3ccccc3)c3ccccc23)c1. The molecule has 221 valence electrons. The number of rotatable bonds is 8. The lowest BCUT2D eigenvalue weighted by molar-refractivity contribution is 0.459. The third kappa shape index (κ3) is 5.76. The Morgan fingerprint density at radius 3 is 0.979 bits per heavy atom. The standard InChI is InChI=1S/C44H30BO2/c1-3-13-31(14-4-1)37-25-27-39(43-23-9-7-21-41(37)43)33-17-11-19-35(29-33)46-45-47-36-20-12-18-34(30-36)40-28-26-38(32-15-5-2-6-16-32)42-22-8-10-24-44(40)42/h1-30H. The Labute approximate surface area is 275 Å². The van der Waals surface area contributed by atoms with Crippen LogP contribution in [0, 0.1) is 0 Å². The van der Waals surface area contributed by atoms with Crippen molar-refractivity contribution in [1.82, 2.24) is 0 Å². The van der Waals surface area contributed by atoms with Crippen molar-refractivity contribution in [3.63, 3.8) is 0 Å². The van der Waals surface area contributed by atoms with E-state index in [9.17, 15) is 0 Å². The lowest BCUT2D eigenvalue weighted by Gasteiger charge is -2.14. The summed E-state index contributed by atoms with van der Waals surface area (Å²) in [4.78, 5) is 0. The first-order valence-corrected chi connectivity index (χ1v) is 15.8. The molecular weight excluding hydrogens is 571 g/mol. The number of fused-ring (bicyclic) bond motifs is 2. The molecule has 2 nitrogen and oxygen atoms in total. The van der Waals surface area contributed by atoms with Crippen LogP contribution in [-0.4, -0.2) is 7.69 Å². The van der Waals surface area contributed by atoms with Crippen LogP contribution in [-0.2, 0) is 0 Å². The Balaban J connectivity index is 1.02. The molecule has 0 spiro atoms. The number of hydrogen-bond acceptors (Lipinski definition) is 2. The van der Waals surface area contributed by atoms with E-state index in [0.29, 0.717) is 11.5 Å². The molecule has 0 N–H and O–H groups in total. The smallest absolute Gasteiger partial charge is 0.526 e. The summed E-state index contributed by atoms with van der Waals surface area (Å²) in [5, 5.41) is 4.85. The topological polar surface area (TPSA) is 18.5 Å². The maximum absolute atomic E-state index is 6.01. The summed E-state index contributed by atoms with van der Waals surface area (Å²) in [5.74, 6) is 1.41.